The Kier molecular flexibility index (Phi) is 3.74. The van der Waals surface area contributed by atoms with Crippen LogP contribution in [0.3, 0.4) is 0 Å². The van der Waals surface area contributed by atoms with Crippen molar-refractivity contribution in [2.45, 2.75) is 45.1 Å². The van der Waals surface area contributed by atoms with E-state index in [0.717, 1.165) is 30.2 Å². The second kappa shape index (κ2) is 5.38. The molecule has 3 rings (SSSR count). The molecule has 1 aromatic carbocycles. The zero-order chi connectivity index (χ0) is 14.2. The zero-order valence-electron chi connectivity index (χ0n) is 12.2. The van der Waals surface area contributed by atoms with Gasteiger partial charge in [0.25, 0.3) is 0 Å². The highest BCUT2D eigenvalue weighted by Crippen LogP contribution is 2.37. The molecule has 20 heavy (non-hydrogen) atoms. The smallest absolute Gasteiger partial charge is 0.117 e. The predicted molar refractivity (Wildman–Crippen MR) is 84.5 cm³/mol. The summed E-state index contributed by atoms with van der Waals surface area (Å²) in [5, 5.41) is 4.29. The summed E-state index contributed by atoms with van der Waals surface area (Å²) in [6.07, 6.45) is 3.56. The molecule has 1 saturated heterocycles. The lowest BCUT2D eigenvalue weighted by Crippen LogP contribution is -2.32. The third kappa shape index (κ3) is 2.13. The number of aryl methyl sites for hydroxylation is 1. The van der Waals surface area contributed by atoms with Crippen molar-refractivity contribution >= 4 is 22.6 Å². The van der Waals surface area contributed by atoms with Crippen molar-refractivity contribution in [1.82, 2.24) is 14.9 Å². The molecule has 2 aromatic rings. The van der Waals surface area contributed by atoms with Gasteiger partial charge in [0, 0.05) is 23.5 Å². The highest BCUT2D eigenvalue weighted by atomic mass is 35.5. The monoisotopic (exact) mass is 291 g/mol. The van der Waals surface area contributed by atoms with Gasteiger partial charge < -0.3 is 9.88 Å². The van der Waals surface area contributed by atoms with Gasteiger partial charge in [0.1, 0.15) is 5.82 Å². The fourth-order valence-corrected chi connectivity index (χ4v) is 3.73. The molecule has 1 aliphatic heterocycles. The molecule has 108 valence electrons. The lowest BCUT2D eigenvalue weighted by molar-refractivity contribution is 0.387. The molecule has 3 nitrogen and oxygen atoms in total. The number of hydrogen-bond donors (Lipinski definition) is 1. The fourth-order valence-electron chi connectivity index (χ4n) is 3.57. The Hall–Kier alpha value is -1.06. The number of aromatic nitrogens is 2. The van der Waals surface area contributed by atoms with Gasteiger partial charge >= 0.3 is 0 Å². The lowest BCUT2D eigenvalue weighted by atomic mass is 9.81. The Morgan fingerprint density at radius 2 is 2.25 bits per heavy atom. The number of nitrogens with zero attached hydrogens (tertiary/aromatic N) is 2. The number of nitrogens with one attached hydrogen (secondary N) is 1. The minimum Gasteiger partial charge on any atom is -0.328 e. The van der Waals surface area contributed by atoms with Gasteiger partial charge in [0.15, 0.2) is 0 Å². The Bertz CT molecular complexity index is 611. The summed E-state index contributed by atoms with van der Waals surface area (Å²) in [7, 11) is 0. The maximum Gasteiger partial charge on any atom is 0.117 e. The first-order valence-corrected chi connectivity index (χ1v) is 7.95. The standard InChI is InChI=1S/C16H22ClN3/c1-3-7-16(8-9-18-11-16)15-19-13-10-12(17)5-6-14(13)20(15)4-2/h5-6,10,18H,3-4,7-9,11H2,1-2H3. The van der Waals surface area contributed by atoms with Crippen LogP contribution in [0.15, 0.2) is 18.2 Å². The highest BCUT2D eigenvalue weighted by molar-refractivity contribution is 6.31. The summed E-state index contributed by atoms with van der Waals surface area (Å²) in [4.78, 5) is 4.96. The summed E-state index contributed by atoms with van der Waals surface area (Å²) >= 11 is 6.12. The molecule has 0 bridgehead atoms. The Morgan fingerprint density at radius 1 is 1.40 bits per heavy atom. The Morgan fingerprint density at radius 3 is 2.90 bits per heavy atom. The van der Waals surface area contributed by atoms with Gasteiger partial charge in [-0.2, -0.15) is 0 Å². The van der Waals surface area contributed by atoms with E-state index >= 15 is 0 Å². The van der Waals surface area contributed by atoms with Gasteiger partial charge in [-0.1, -0.05) is 24.9 Å². The number of imidazole rings is 1. The van der Waals surface area contributed by atoms with E-state index in [0.29, 0.717) is 0 Å². The average Bonchev–Trinajstić information content (AvgIpc) is 3.03. The van der Waals surface area contributed by atoms with Crippen molar-refractivity contribution in [3.63, 3.8) is 0 Å². The molecule has 1 atom stereocenters. The molecular formula is C16H22ClN3. The molecule has 0 saturated carbocycles. The van der Waals surface area contributed by atoms with Crippen LogP contribution < -0.4 is 5.32 Å². The zero-order valence-corrected chi connectivity index (χ0v) is 13.0. The van der Waals surface area contributed by atoms with Crippen LogP contribution in [0.5, 0.6) is 0 Å². The Balaban J connectivity index is 2.18. The first-order chi connectivity index (χ1) is 9.70. The van der Waals surface area contributed by atoms with Crippen molar-refractivity contribution < 1.29 is 0 Å². The molecular weight excluding hydrogens is 270 g/mol. The van der Waals surface area contributed by atoms with E-state index < -0.39 is 0 Å². The van der Waals surface area contributed by atoms with Crippen LogP contribution in [0, 0.1) is 0 Å². The summed E-state index contributed by atoms with van der Waals surface area (Å²) < 4.78 is 2.37. The van der Waals surface area contributed by atoms with Gasteiger partial charge in [-0.15, -0.1) is 0 Å². The number of rotatable bonds is 4. The van der Waals surface area contributed by atoms with Gasteiger partial charge in [0.05, 0.1) is 11.0 Å². The van der Waals surface area contributed by atoms with E-state index in [9.17, 15) is 0 Å². The summed E-state index contributed by atoms with van der Waals surface area (Å²) in [6, 6.07) is 6.04. The molecule has 1 fully saturated rings. The molecule has 0 aliphatic carbocycles. The van der Waals surface area contributed by atoms with Crippen molar-refractivity contribution in [3.05, 3.63) is 29.0 Å². The van der Waals surface area contributed by atoms with Crippen LogP contribution in [-0.2, 0) is 12.0 Å². The van der Waals surface area contributed by atoms with E-state index in [2.05, 4.69) is 29.8 Å². The maximum absolute atomic E-state index is 6.12. The first-order valence-electron chi connectivity index (χ1n) is 7.57. The second-order valence-corrected chi connectivity index (χ2v) is 6.21. The van der Waals surface area contributed by atoms with E-state index in [1.165, 1.54) is 30.6 Å². The second-order valence-electron chi connectivity index (χ2n) is 5.77. The first kappa shape index (κ1) is 13.9. The van der Waals surface area contributed by atoms with E-state index in [4.69, 9.17) is 16.6 Å². The van der Waals surface area contributed by atoms with Crippen LogP contribution in [0.2, 0.25) is 5.02 Å². The quantitative estimate of drug-likeness (QED) is 0.930. The van der Waals surface area contributed by atoms with Gasteiger partial charge in [-0.3, -0.25) is 0 Å². The third-order valence-electron chi connectivity index (χ3n) is 4.47. The minimum absolute atomic E-state index is 0.191. The number of benzene rings is 1. The van der Waals surface area contributed by atoms with Crippen LogP contribution in [0.4, 0.5) is 0 Å². The molecule has 1 unspecified atom stereocenters. The molecule has 2 heterocycles. The molecule has 4 heteroatoms. The molecule has 1 N–H and O–H groups in total. The average molecular weight is 292 g/mol. The number of hydrogen-bond acceptors (Lipinski definition) is 2. The van der Waals surface area contributed by atoms with Gasteiger partial charge in [0.2, 0.25) is 0 Å². The summed E-state index contributed by atoms with van der Waals surface area (Å²) in [6.45, 7) is 7.54. The SMILES string of the molecule is CCCC1(c2nc3cc(Cl)ccc3n2CC)CCNC1. The van der Waals surface area contributed by atoms with E-state index in [1.807, 2.05) is 12.1 Å². The van der Waals surface area contributed by atoms with Crippen molar-refractivity contribution in [1.29, 1.82) is 0 Å². The van der Waals surface area contributed by atoms with E-state index in [-0.39, 0.29) is 5.41 Å². The number of halogens is 1. The summed E-state index contributed by atoms with van der Waals surface area (Å²) in [5.41, 5.74) is 2.42. The number of fused-ring (bicyclic) bond motifs is 1. The summed E-state index contributed by atoms with van der Waals surface area (Å²) in [5.74, 6) is 1.24. The van der Waals surface area contributed by atoms with Crippen molar-refractivity contribution in [2.24, 2.45) is 0 Å². The van der Waals surface area contributed by atoms with Gasteiger partial charge in [-0.05, 0) is 44.5 Å². The maximum atomic E-state index is 6.12. The van der Waals surface area contributed by atoms with Crippen LogP contribution >= 0.6 is 11.6 Å². The third-order valence-corrected chi connectivity index (χ3v) is 4.71. The normalized spacial score (nSPS) is 22.8. The fraction of sp³-hybridized carbons (Fsp3) is 0.562. The molecule has 1 aliphatic rings. The molecule has 0 spiro atoms. The largest absolute Gasteiger partial charge is 0.328 e. The van der Waals surface area contributed by atoms with Crippen molar-refractivity contribution in [3.8, 4) is 0 Å². The molecule has 1 aromatic heterocycles. The van der Waals surface area contributed by atoms with E-state index in [1.54, 1.807) is 0 Å². The van der Waals surface area contributed by atoms with Gasteiger partial charge in [-0.25, -0.2) is 4.98 Å². The van der Waals surface area contributed by atoms with Crippen molar-refractivity contribution in [2.75, 3.05) is 13.1 Å². The lowest BCUT2D eigenvalue weighted by Gasteiger charge is -2.28. The molecule has 0 radical (unpaired) electrons. The predicted octanol–water partition coefficient (Wildman–Crippen LogP) is 3.74. The van der Waals surface area contributed by atoms with Crippen LogP contribution in [0.25, 0.3) is 11.0 Å². The minimum atomic E-state index is 0.191. The van der Waals surface area contributed by atoms with Crippen LogP contribution in [0.1, 0.15) is 38.9 Å². The topological polar surface area (TPSA) is 29.9 Å². The van der Waals surface area contributed by atoms with Crippen LogP contribution in [-0.4, -0.2) is 22.6 Å². The Labute approximate surface area is 125 Å². The highest BCUT2D eigenvalue weighted by Gasteiger charge is 2.39. The molecule has 0 amide bonds.